The summed E-state index contributed by atoms with van der Waals surface area (Å²) in [5.74, 6) is -0.850. The Balaban J connectivity index is 0. The van der Waals surface area contributed by atoms with Gasteiger partial charge in [-0.3, -0.25) is 4.79 Å². The molecule has 0 saturated heterocycles. The zero-order valence-corrected chi connectivity index (χ0v) is 4.25. The van der Waals surface area contributed by atoms with Crippen LogP contribution in [0.2, 0.25) is 0 Å². The molecule has 0 bridgehead atoms. The molecule has 0 radical (unpaired) electrons. The molecule has 56 valence electrons. The predicted molar refractivity (Wildman–Crippen MR) is 28.1 cm³/mol. The predicted octanol–water partition coefficient (Wildman–Crippen LogP) is 2.16. The first-order valence-corrected chi connectivity index (χ1v) is 1.98. The van der Waals surface area contributed by atoms with Crippen LogP contribution in [0.1, 0.15) is 20.8 Å². The third-order valence-electron chi connectivity index (χ3n) is 0.449. The van der Waals surface area contributed by atoms with Crippen molar-refractivity contribution in [3.8, 4) is 0 Å². The molecule has 9 heavy (non-hydrogen) atoms. The van der Waals surface area contributed by atoms with E-state index in [-0.39, 0.29) is 7.43 Å². The number of carbonyl (C=O) groups is 1. The Hall–Kier alpha value is -0.540. The van der Waals surface area contributed by atoms with Crippen LogP contribution in [0.25, 0.3) is 0 Å². The van der Waals surface area contributed by atoms with E-state index in [9.17, 15) is 18.0 Å². The molecular formula is C5H9F3O. The number of hydrogen-bond donors (Lipinski definition) is 0. The molecule has 1 nitrogen and oxygen atoms in total. The summed E-state index contributed by atoms with van der Waals surface area (Å²) >= 11 is 0. The summed E-state index contributed by atoms with van der Waals surface area (Å²) in [4.78, 5) is 9.74. The van der Waals surface area contributed by atoms with Gasteiger partial charge in [0.2, 0.25) is 0 Å². The molecule has 0 saturated carbocycles. The van der Waals surface area contributed by atoms with E-state index in [0.29, 0.717) is 0 Å². The Morgan fingerprint density at radius 2 is 1.78 bits per heavy atom. The molecule has 0 rings (SSSR count). The molecule has 0 aromatic rings. The highest BCUT2D eigenvalue weighted by Gasteiger charge is 2.28. The molecule has 0 N–H and O–H groups in total. The maximum absolute atomic E-state index is 11.1. The Morgan fingerprint density at radius 3 is 1.78 bits per heavy atom. The van der Waals surface area contributed by atoms with Gasteiger partial charge in [0.1, 0.15) is 12.2 Å². The fraction of sp³-hybridized carbons (Fsp3) is 0.800. The Morgan fingerprint density at radius 1 is 1.44 bits per heavy atom. The molecule has 0 heterocycles. The van der Waals surface area contributed by atoms with Gasteiger partial charge >= 0.3 is 6.18 Å². The first kappa shape index (κ1) is 11.3. The van der Waals surface area contributed by atoms with Gasteiger partial charge < -0.3 is 0 Å². The van der Waals surface area contributed by atoms with Crippen LogP contribution in [0.4, 0.5) is 13.2 Å². The number of rotatable bonds is 1. The largest absolute Gasteiger partial charge is 0.395 e. The number of carbonyl (C=O) groups excluding carboxylic acids is 1. The monoisotopic (exact) mass is 142 g/mol. The minimum atomic E-state index is -4.33. The highest BCUT2D eigenvalue weighted by Crippen LogP contribution is 2.18. The SMILES string of the molecule is C.CC(=O)CC(F)(F)F. The molecule has 0 aromatic carbocycles. The van der Waals surface area contributed by atoms with Crippen LogP contribution in [-0.2, 0) is 4.79 Å². The molecule has 0 aromatic heterocycles. The van der Waals surface area contributed by atoms with Crippen molar-refractivity contribution < 1.29 is 18.0 Å². The lowest BCUT2D eigenvalue weighted by Gasteiger charge is -1.99. The molecule has 0 aliphatic carbocycles. The molecule has 0 unspecified atom stereocenters. The minimum Gasteiger partial charge on any atom is -0.300 e. The fourth-order valence-corrected chi connectivity index (χ4v) is 0.282. The number of hydrogen-bond acceptors (Lipinski definition) is 1. The zero-order valence-electron chi connectivity index (χ0n) is 4.25. The fourth-order valence-electron chi connectivity index (χ4n) is 0.282. The second-order valence-electron chi connectivity index (χ2n) is 1.49. The Bertz CT molecular complexity index is 94.9. The lowest BCUT2D eigenvalue weighted by Crippen LogP contribution is -2.11. The average molecular weight is 142 g/mol. The van der Waals surface area contributed by atoms with Gasteiger partial charge in [0, 0.05) is 0 Å². The van der Waals surface area contributed by atoms with Crippen molar-refractivity contribution in [2.45, 2.75) is 26.9 Å². The molecular weight excluding hydrogens is 133 g/mol. The highest BCUT2D eigenvalue weighted by molar-refractivity contribution is 5.76. The summed E-state index contributed by atoms with van der Waals surface area (Å²) in [6, 6.07) is 0. The third kappa shape index (κ3) is 11.2. The lowest BCUT2D eigenvalue weighted by atomic mass is 10.3. The van der Waals surface area contributed by atoms with E-state index in [1.54, 1.807) is 0 Å². The van der Waals surface area contributed by atoms with Gasteiger partial charge in [-0.25, -0.2) is 0 Å². The van der Waals surface area contributed by atoms with Crippen molar-refractivity contribution in [3.63, 3.8) is 0 Å². The van der Waals surface area contributed by atoms with Crippen LogP contribution >= 0.6 is 0 Å². The number of ketones is 1. The summed E-state index contributed by atoms with van der Waals surface area (Å²) in [6.07, 6.45) is -5.64. The topological polar surface area (TPSA) is 17.1 Å². The molecule has 0 aliphatic heterocycles. The van der Waals surface area contributed by atoms with Crippen LogP contribution in [0.15, 0.2) is 0 Å². The van der Waals surface area contributed by atoms with Crippen molar-refractivity contribution in [3.05, 3.63) is 0 Å². The van der Waals surface area contributed by atoms with Crippen LogP contribution in [0.5, 0.6) is 0 Å². The van der Waals surface area contributed by atoms with Gasteiger partial charge in [-0.15, -0.1) is 0 Å². The van der Waals surface area contributed by atoms with Crippen LogP contribution in [0, 0.1) is 0 Å². The van der Waals surface area contributed by atoms with Crippen LogP contribution in [-0.4, -0.2) is 12.0 Å². The van der Waals surface area contributed by atoms with Gasteiger partial charge in [0.05, 0.1) is 0 Å². The third-order valence-corrected chi connectivity index (χ3v) is 0.449. The maximum atomic E-state index is 11.1. The molecule has 0 amide bonds. The van der Waals surface area contributed by atoms with E-state index in [1.165, 1.54) is 0 Å². The first-order valence-electron chi connectivity index (χ1n) is 1.98. The van der Waals surface area contributed by atoms with Gasteiger partial charge in [-0.1, -0.05) is 7.43 Å². The van der Waals surface area contributed by atoms with Crippen molar-refractivity contribution in [2.75, 3.05) is 0 Å². The van der Waals surface area contributed by atoms with Gasteiger partial charge in [0.25, 0.3) is 0 Å². The van der Waals surface area contributed by atoms with Gasteiger partial charge in [0.15, 0.2) is 0 Å². The molecule has 0 spiro atoms. The molecule has 0 fully saturated rings. The van der Waals surface area contributed by atoms with E-state index in [4.69, 9.17) is 0 Å². The lowest BCUT2D eigenvalue weighted by molar-refractivity contribution is -0.150. The standard InChI is InChI=1S/C4H5F3O.CH4/c1-3(8)2-4(5,6)7;/h2H2,1H3;1H4. The van der Waals surface area contributed by atoms with E-state index in [1.807, 2.05) is 0 Å². The summed E-state index contributed by atoms with van der Waals surface area (Å²) in [7, 11) is 0. The number of alkyl halides is 3. The van der Waals surface area contributed by atoms with Gasteiger partial charge in [-0.2, -0.15) is 13.2 Å². The van der Waals surface area contributed by atoms with Crippen LogP contribution in [0.3, 0.4) is 0 Å². The van der Waals surface area contributed by atoms with E-state index >= 15 is 0 Å². The first-order chi connectivity index (χ1) is 3.42. The Kier molecular flexibility index (Phi) is 4.36. The van der Waals surface area contributed by atoms with Crippen molar-refractivity contribution in [1.29, 1.82) is 0 Å². The minimum absolute atomic E-state index is 0. The van der Waals surface area contributed by atoms with E-state index < -0.39 is 18.4 Å². The van der Waals surface area contributed by atoms with Crippen molar-refractivity contribution in [1.82, 2.24) is 0 Å². The highest BCUT2D eigenvalue weighted by atomic mass is 19.4. The van der Waals surface area contributed by atoms with Gasteiger partial charge in [-0.05, 0) is 6.92 Å². The second-order valence-corrected chi connectivity index (χ2v) is 1.49. The average Bonchev–Trinajstić information content (AvgIpc) is 1.21. The summed E-state index contributed by atoms with van der Waals surface area (Å²) in [5.41, 5.74) is 0. The summed E-state index contributed by atoms with van der Waals surface area (Å²) < 4.78 is 33.3. The zero-order chi connectivity index (χ0) is 6.78. The number of Topliss-reactive ketones (excluding diaryl/α,β-unsaturated/α-hetero) is 1. The quantitative estimate of drug-likeness (QED) is 0.548. The summed E-state index contributed by atoms with van der Waals surface area (Å²) in [6.45, 7) is 0.910. The molecule has 0 aliphatic rings. The normalized spacial score (nSPS) is 10.2. The second kappa shape index (κ2) is 3.48. The maximum Gasteiger partial charge on any atom is 0.395 e. The van der Waals surface area contributed by atoms with Crippen LogP contribution < -0.4 is 0 Å². The Labute approximate surface area is 51.9 Å². The van der Waals surface area contributed by atoms with E-state index in [2.05, 4.69) is 0 Å². The van der Waals surface area contributed by atoms with Crippen molar-refractivity contribution >= 4 is 5.78 Å². The smallest absolute Gasteiger partial charge is 0.300 e. The summed E-state index contributed by atoms with van der Waals surface area (Å²) in [5, 5.41) is 0. The van der Waals surface area contributed by atoms with Crippen molar-refractivity contribution in [2.24, 2.45) is 0 Å². The molecule has 0 atom stereocenters. The molecule has 4 heteroatoms. The van der Waals surface area contributed by atoms with E-state index in [0.717, 1.165) is 6.92 Å². The number of halogens is 3.